The molecule has 8 heteroatoms. The van der Waals surface area contributed by atoms with Gasteiger partial charge in [-0.1, -0.05) is 29.8 Å². The summed E-state index contributed by atoms with van der Waals surface area (Å²) in [5.41, 5.74) is 0.671. The molecule has 0 N–H and O–H groups in total. The molecule has 0 radical (unpaired) electrons. The number of nitrogens with zero attached hydrogens (tertiary/aromatic N) is 3. The molecule has 0 aliphatic carbocycles. The molecule has 0 unspecified atom stereocenters. The quantitative estimate of drug-likeness (QED) is 0.641. The summed E-state index contributed by atoms with van der Waals surface area (Å²) < 4.78 is 6.27. The number of benzene rings is 1. The average molecular weight is 494 g/mol. The molecule has 0 bridgehead atoms. The van der Waals surface area contributed by atoms with Crippen molar-refractivity contribution in [2.75, 3.05) is 45.9 Å². The second-order valence-electron chi connectivity index (χ2n) is 8.71. The van der Waals surface area contributed by atoms with Crippen LogP contribution in [0.1, 0.15) is 43.5 Å². The van der Waals surface area contributed by atoms with E-state index in [2.05, 4.69) is 15.9 Å². The van der Waals surface area contributed by atoms with Gasteiger partial charge in [0.15, 0.2) is 0 Å². The van der Waals surface area contributed by atoms with Gasteiger partial charge in [0.1, 0.15) is 0 Å². The van der Waals surface area contributed by atoms with E-state index >= 15 is 0 Å². The van der Waals surface area contributed by atoms with Gasteiger partial charge in [-0.3, -0.25) is 9.59 Å². The first kappa shape index (κ1) is 23.6. The Morgan fingerprint density at radius 2 is 1.55 bits per heavy atom. The molecule has 0 aromatic heterocycles. The van der Waals surface area contributed by atoms with E-state index in [4.69, 9.17) is 4.74 Å². The number of halogens is 1. The molecule has 2 saturated heterocycles. The first-order valence-electron chi connectivity index (χ1n) is 11.1. The summed E-state index contributed by atoms with van der Waals surface area (Å²) in [6, 6.07) is 7.37. The Labute approximate surface area is 192 Å². The third-order valence-corrected chi connectivity index (χ3v) is 6.36. The predicted molar refractivity (Wildman–Crippen MR) is 122 cm³/mol. The number of carbonyl (C=O) groups is 3. The van der Waals surface area contributed by atoms with Gasteiger partial charge in [0.25, 0.3) is 5.91 Å². The second kappa shape index (κ2) is 11.0. The molecule has 2 heterocycles. The van der Waals surface area contributed by atoms with Crippen LogP contribution in [-0.2, 0) is 9.53 Å². The zero-order valence-electron chi connectivity index (χ0n) is 18.4. The van der Waals surface area contributed by atoms with Crippen LogP contribution in [0.4, 0.5) is 4.79 Å². The molecule has 170 valence electrons. The van der Waals surface area contributed by atoms with Gasteiger partial charge in [-0.25, -0.2) is 4.79 Å². The first-order chi connectivity index (χ1) is 14.8. The minimum Gasteiger partial charge on any atom is -0.449 e. The number of hydrogen-bond acceptors (Lipinski definition) is 4. The van der Waals surface area contributed by atoms with Crippen molar-refractivity contribution in [3.63, 3.8) is 0 Å². The molecular formula is C23H32BrN3O4. The number of ether oxygens (including phenoxy) is 1. The Morgan fingerprint density at radius 3 is 2.19 bits per heavy atom. The zero-order valence-corrected chi connectivity index (χ0v) is 20.0. The van der Waals surface area contributed by atoms with Crippen molar-refractivity contribution in [2.45, 2.75) is 33.1 Å². The van der Waals surface area contributed by atoms with E-state index in [1.165, 1.54) is 0 Å². The number of rotatable bonds is 4. The van der Waals surface area contributed by atoms with Crippen LogP contribution >= 0.6 is 15.9 Å². The molecule has 3 rings (SSSR count). The van der Waals surface area contributed by atoms with Gasteiger partial charge in [0.05, 0.1) is 6.61 Å². The van der Waals surface area contributed by atoms with Crippen LogP contribution in [0.3, 0.4) is 0 Å². The maximum Gasteiger partial charge on any atom is 0.409 e. The van der Waals surface area contributed by atoms with Crippen LogP contribution in [0.5, 0.6) is 0 Å². The van der Waals surface area contributed by atoms with Crippen LogP contribution < -0.4 is 0 Å². The molecule has 31 heavy (non-hydrogen) atoms. The third-order valence-electron chi connectivity index (χ3n) is 5.83. The normalized spacial score (nSPS) is 18.1. The Hall–Kier alpha value is -2.09. The smallest absolute Gasteiger partial charge is 0.409 e. The van der Waals surface area contributed by atoms with E-state index in [9.17, 15) is 14.4 Å². The standard InChI is InChI=1S/C23H32BrN3O4/c1-17(2)16-31-23(30)27-11-3-10-25(14-15-27)22(29)19-8-12-26(13-9-19)21(28)18-4-6-20(24)7-5-18/h4-7,17,19H,3,8-16H2,1-2H3. The van der Waals surface area contributed by atoms with E-state index in [0.29, 0.717) is 70.2 Å². The number of hydrogen-bond donors (Lipinski definition) is 0. The summed E-state index contributed by atoms with van der Waals surface area (Å²) in [5, 5.41) is 0. The molecule has 2 fully saturated rings. The average Bonchev–Trinajstić information content (AvgIpc) is 3.03. The molecule has 1 aromatic rings. The second-order valence-corrected chi connectivity index (χ2v) is 9.63. The highest BCUT2D eigenvalue weighted by Crippen LogP contribution is 2.22. The van der Waals surface area contributed by atoms with E-state index in [0.717, 1.165) is 10.9 Å². The monoisotopic (exact) mass is 493 g/mol. The van der Waals surface area contributed by atoms with Crippen LogP contribution in [-0.4, -0.2) is 78.5 Å². The van der Waals surface area contributed by atoms with E-state index < -0.39 is 0 Å². The van der Waals surface area contributed by atoms with Crippen molar-refractivity contribution in [3.8, 4) is 0 Å². The number of piperidine rings is 1. The van der Waals surface area contributed by atoms with Crippen LogP contribution in [0.15, 0.2) is 28.7 Å². The van der Waals surface area contributed by atoms with Gasteiger partial charge in [-0.05, 0) is 49.4 Å². The Kier molecular flexibility index (Phi) is 8.35. The molecular weight excluding hydrogens is 462 g/mol. The summed E-state index contributed by atoms with van der Waals surface area (Å²) in [4.78, 5) is 43.4. The van der Waals surface area contributed by atoms with Gasteiger partial charge in [0.2, 0.25) is 5.91 Å². The highest BCUT2D eigenvalue weighted by atomic mass is 79.9. The number of carbonyl (C=O) groups excluding carboxylic acids is 3. The lowest BCUT2D eigenvalue weighted by Crippen LogP contribution is -2.45. The summed E-state index contributed by atoms with van der Waals surface area (Å²) in [6.45, 7) is 7.92. The SMILES string of the molecule is CC(C)COC(=O)N1CCCN(C(=O)C2CCN(C(=O)c3ccc(Br)cc3)CC2)CC1. The van der Waals surface area contributed by atoms with E-state index in [-0.39, 0.29) is 23.8 Å². The first-order valence-corrected chi connectivity index (χ1v) is 11.9. The minimum absolute atomic E-state index is 0.0173. The number of amides is 3. The van der Waals surface area contributed by atoms with Crippen LogP contribution in [0, 0.1) is 11.8 Å². The molecule has 0 saturated carbocycles. The van der Waals surface area contributed by atoms with Crippen molar-refractivity contribution >= 4 is 33.8 Å². The fraction of sp³-hybridized carbons (Fsp3) is 0.609. The van der Waals surface area contributed by atoms with E-state index in [1.807, 2.05) is 47.9 Å². The Bertz CT molecular complexity index is 776. The predicted octanol–water partition coefficient (Wildman–Crippen LogP) is 3.63. The molecule has 7 nitrogen and oxygen atoms in total. The van der Waals surface area contributed by atoms with Crippen LogP contribution in [0.2, 0.25) is 0 Å². The molecule has 0 atom stereocenters. The maximum absolute atomic E-state index is 13.1. The summed E-state index contributed by atoms with van der Waals surface area (Å²) in [7, 11) is 0. The molecule has 2 aliphatic heterocycles. The fourth-order valence-electron chi connectivity index (χ4n) is 4.01. The van der Waals surface area contributed by atoms with Crippen LogP contribution in [0.25, 0.3) is 0 Å². The van der Waals surface area contributed by atoms with Gasteiger partial charge in [-0.15, -0.1) is 0 Å². The molecule has 0 spiro atoms. The fourth-order valence-corrected chi connectivity index (χ4v) is 4.28. The lowest BCUT2D eigenvalue weighted by molar-refractivity contribution is -0.136. The minimum atomic E-state index is -0.289. The van der Waals surface area contributed by atoms with E-state index in [1.54, 1.807) is 4.90 Å². The van der Waals surface area contributed by atoms with Crippen molar-refractivity contribution in [3.05, 3.63) is 34.3 Å². The maximum atomic E-state index is 13.1. The van der Waals surface area contributed by atoms with Gasteiger partial charge >= 0.3 is 6.09 Å². The topological polar surface area (TPSA) is 70.2 Å². The van der Waals surface area contributed by atoms with Crippen molar-refractivity contribution in [1.29, 1.82) is 0 Å². The molecule has 2 aliphatic rings. The van der Waals surface area contributed by atoms with Crippen molar-refractivity contribution in [1.82, 2.24) is 14.7 Å². The lowest BCUT2D eigenvalue weighted by atomic mass is 9.94. The van der Waals surface area contributed by atoms with Crippen molar-refractivity contribution < 1.29 is 19.1 Å². The van der Waals surface area contributed by atoms with Gasteiger partial charge in [0, 0.05) is 55.2 Å². The summed E-state index contributed by atoms with van der Waals surface area (Å²) >= 11 is 3.39. The lowest BCUT2D eigenvalue weighted by Gasteiger charge is -2.34. The Morgan fingerprint density at radius 1 is 0.935 bits per heavy atom. The molecule has 3 amide bonds. The largest absolute Gasteiger partial charge is 0.449 e. The zero-order chi connectivity index (χ0) is 22.4. The van der Waals surface area contributed by atoms with Gasteiger partial charge < -0.3 is 19.4 Å². The molecule has 1 aromatic carbocycles. The third kappa shape index (κ3) is 6.45. The summed E-state index contributed by atoms with van der Waals surface area (Å²) in [6.07, 6.45) is 1.82. The Balaban J connectivity index is 1.47. The number of likely N-dealkylation sites (tertiary alicyclic amines) is 1. The highest BCUT2D eigenvalue weighted by molar-refractivity contribution is 9.10. The van der Waals surface area contributed by atoms with Crippen molar-refractivity contribution in [2.24, 2.45) is 11.8 Å². The van der Waals surface area contributed by atoms with Gasteiger partial charge in [-0.2, -0.15) is 0 Å². The summed E-state index contributed by atoms with van der Waals surface area (Å²) in [5.74, 6) is 0.404. The highest BCUT2D eigenvalue weighted by Gasteiger charge is 2.32.